The lowest BCUT2D eigenvalue weighted by Crippen LogP contribution is -2.45. The first kappa shape index (κ1) is 77.6. The summed E-state index contributed by atoms with van der Waals surface area (Å²) in [7, 11) is 0. The summed E-state index contributed by atoms with van der Waals surface area (Å²) in [5, 5.41) is 23.4. The Balaban J connectivity index is 3.36. The molecule has 0 aliphatic rings. The third kappa shape index (κ3) is 65.6. The smallest absolute Gasteiger partial charge is 0.305 e. The van der Waals surface area contributed by atoms with Crippen LogP contribution >= 0.6 is 0 Å². The average molecular weight is 1110 g/mol. The van der Waals surface area contributed by atoms with E-state index in [1.165, 1.54) is 347 Å². The fourth-order valence-electron chi connectivity index (χ4n) is 11.8. The molecule has 0 radical (unpaired) electrons. The maximum absolute atomic E-state index is 12.5. The molecule has 2 unspecified atom stereocenters. The first-order valence-electron chi connectivity index (χ1n) is 36.4. The Hall–Kier alpha value is -1.40. The van der Waals surface area contributed by atoms with Crippen LogP contribution in [0.15, 0.2) is 12.2 Å². The minimum absolute atomic E-state index is 0.0188. The lowest BCUT2D eigenvalue weighted by Gasteiger charge is -2.22. The number of aliphatic hydroxyl groups excluding tert-OH is 2. The van der Waals surface area contributed by atoms with E-state index in [9.17, 15) is 19.8 Å². The van der Waals surface area contributed by atoms with Crippen LogP contribution in [0.3, 0.4) is 0 Å². The molecule has 0 bridgehead atoms. The zero-order valence-electron chi connectivity index (χ0n) is 53.9. The molecule has 79 heavy (non-hydrogen) atoms. The van der Waals surface area contributed by atoms with Crippen molar-refractivity contribution >= 4 is 11.9 Å². The van der Waals surface area contributed by atoms with E-state index >= 15 is 0 Å². The van der Waals surface area contributed by atoms with Crippen LogP contribution in [0.5, 0.6) is 0 Å². The summed E-state index contributed by atoms with van der Waals surface area (Å²) in [5.74, 6) is -0.00971. The zero-order valence-corrected chi connectivity index (χ0v) is 53.9. The van der Waals surface area contributed by atoms with Crippen LogP contribution in [0, 0.1) is 0 Å². The molecule has 0 spiro atoms. The second-order valence-electron chi connectivity index (χ2n) is 25.3. The van der Waals surface area contributed by atoms with Crippen molar-refractivity contribution in [1.82, 2.24) is 5.32 Å². The molecule has 0 aromatic rings. The van der Waals surface area contributed by atoms with Gasteiger partial charge in [0.05, 0.1) is 25.4 Å². The van der Waals surface area contributed by atoms with Gasteiger partial charge in [0.1, 0.15) is 0 Å². The van der Waals surface area contributed by atoms with Crippen molar-refractivity contribution in [2.24, 2.45) is 0 Å². The third-order valence-corrected chi connectivity index (χ3v) is 17.3. The zero-order chi connectivity index (χ0) is 57.1. The number of esters is 1. The van der Waals surface area contributed by atoms with Gasteiger partial charge in [-0.05, 0) is 51.4 Å². The molecule has 1 amide bonds. The molecular formula is C73H143NO5. The number of unbranched alkanes of at least 4 members (excludes halogenated alkanes) is 56. The van der Waals surface area contributed by atoms with Crippen LogP contribution < -0.4 is 5.32 Å². The molecule has 0 rings (SSSR count). The van der Waals surface area contributed by atoms with Crippen molar-refractivity contribution in [3.05, 3.63) is 12.2 Å². The molecule has 0 aromatic carbocycles. The highest BCUT2D eigenvalue weighted by Gasteiger charge is 2.20. The normalized spacial score (nSPS) is 12.5. The Labute approximate surface area is 495 Å². The van der Waals surface area contributed by atoms with Gasteiger partial charge in [-0.15, -0.1) is 0 Å². The highest BCUT2D eigenvalue weighted by atomic mass is 16.5. The molecule has 0 fully saturated rings. The van der Waals surface area contributed by atoms with E-state index in [0.717, 1.165) is 38.5 Å². The quantitative estimate of drug-likeness (QED) is 0.0320. The number of allylic oxidation sites excluding steroid dienone is 2. The molecule has 0 heterocycles. The highest BCUT2D eigenvalue weighted by Crippen LogP contribution is 2.19. The molecule has 0 aliphatic carbocycles. The summed E-state index contributed by atoms with van der Waals surface area (Å²) in [4.78, 5) is 24.6. The van der Waals surface area contributed by atoms with Crippen LogP contribution in [0.1, 0.15) is 418 Å². The van der Waals surface area contributed by atoms with Crippen LogP contribution in [0.25, 0.3) is 0 Å². The van der Waals surface area contributed by atoms with E-state index in [1.54, 1.807) is 0 Å². The van der Waals surface area contributed by atoms with Gasteiger partial charge in [-0.1, -0.05) is 366 Å². The number of carbonyl (C=O) groups excluding carboxylic acids is 2. The van der Waals surface area contributed by atoms with E-state index in [0.29, 0.717) is 25.9 Å². The fraction of sp³-hybridized carbons (Fsp3) is 0.945. The van der Waals surface area contributed by atoms with Gasteiger partial charge < -0.3 is 20.3 Å². The van der Waals surface area contributed by atoms with E-state index < -0.39 is 12.1 Å². The predicted octanol–water partition coefficient (Wildman–Crippen LogP) is 23.5. The second-order valence-corrected chi connectivity index (χ2v) is 25.3. The summed E-state index contributed by atoms with van der Waals surface area (Å²) in [6, 6.07) is -0.540. The number of carbonyl (C=O) groups is 2. The first-order chi connectivity index (χ1) is 39.0. The largest absolute Gasteiger partial charge is 0.466 e. The summed E-state index contributed by atoms with van der Waals surface area (Å²) in [6.07, 6.45) is 85.6. The average Bonchev–Trinajstić information content (AvgIpc) is 3.45. The van der Waals surface area contributed by atoms with Gasteiger partial charge in [-0.2, -0.15) is 0 Å². The molecule has 6 nitrogen and oxygen atoms in total. The van der Waals surface area contributed by atoms with E-state index in [2.05, 4.69) is 31.3 Å². The number of aliphatic hydroxyl groups is 2. The number of ether oxygens (including phenoxy) is 1. The summed E-state index contributed by atoms with van der Waals surface area (Å²) in [6.45, 7) is 5.00. The molecule has 0 saturated carbocycles. The Morgan fingerprint density at radius 3 is 0.899 bits per heavy atom. The van der Waals surface area contributed by atoms with Crippen molar-refractivity contribution in [2.75, 3.05) is 13.2 Å². The second kappa shape index (κ2) is 69.1. The highest BCUT2D eigenvalue weighted by molar-refractivity contribution is 5.76. The molecule has 0 aromatic heterocycles. The summed E-state index contributed by atoms with van der Waals surface area (Å²) >= 11 is 0. The van der Waals surface area contributed by atoms with Crippen LogP contribution in [0.2, 0.25) is 0 Å². The molecular weight excluding hydrogens is 971 g/mol. The summed E-state index contributed by atoms with van der Waals surface area (Å²) in [5.41, 5.74) is 0. The topological polar surface area (TPSA) is 95.9 Å². The Morgan fingerprint density at radius 2 is 0.595 bits per heavy atom. The molecule has 2 atom stereocenters. The number of amides is 1. The first-order valence-corrected chi connectivity index (χ1v) is 36.4. The SMILES string of the molecule is CCCCCCCCCCCCCCCCCCCCCCC(O)C(CO)NC(=O)CCCCCCCCCCCCCCCC/C=C\CCCCCCCCCCCCCCOC(=O)CCCCCCCCCCCCCC. The van der Waals surface area contributed by atoms with Gasteiger partial charge in [-0.25, -0.2) is 0 Å². The standard InChI is InChI=1S/C73H143NO5/c1-3-5-7-9-11-13-15-17-18-19-20-33-36-39-42-45-49-53-57-61-65-71(76)70(69-75)74-72(77)66-62-58-54-50-46-43-40-37-34-31-29-27-25-23-21-22-24-26-28-30-32-35-38-41-44-48-52-56-60-64-68-79-73(78)67-63-59-55-51-47-16-14-12-10-8-6-4-2/h22,24,70-71,75-76H,3-21,23,25-69H2,1-2H3,(H,74,77)/b24-22-. The van der Waals surface area contributed by atoms with Crippen molar-refractivity contribution in [1.29, 1.82) is 0 Å². The molecule has 0 aliphatic heterocycles. The maximum atomic E-state index is 12.5. The van der Waals surface area contributed by atoms with Crippen molar-refractivity contribution in [2.45, 2.75) is 431 Å². The van der Waals surface area contributed by atoms with Gasteiger partial charge in [0.2, 0.25) is 5.91 Å². The Kier molecular flexibility index (Phi) is 67.9. The number of nitrogens with one attached hydrogen (secondary N) is 1. The lowest BCUT2D eigenvalue weighted by molar-refractivity contribution is -0.143. The molecule has 0 saturated heterocycles. The van der Waals surface area contributed by atoms with Crippen LogP contribution in [0.4, 0.5) is 0 Å². The van der Waals surface area contributed by atoms with Crippen molar-refractivity contribution < 1.29 is 24.5 Å². The molecule has 470 valence electrons. The van der Waals surface area contributed by atoms with Crippen molar-refractivity contribution in [3.63, 3.8) is 0 Å². The summed E-state index contributed by atoms with van der Waals surface area (Å²) < 4.78 is 5.48. The minimum atomic E-state index is -0.663. The number of hydrogen-bond acceptors (Lipinski definition) is 5. The number of hydrogen-bond donors (Lipinski definition) is 3. The van der Waals surface area contributed by atoms with Crippen LogP contribution in [-0.2, 0) is 14.3 Å². The number of rotatable bonds is 69. The third-order valence-electron chi connectivity index (χ3n) is 17.3. The van der Waals surface area contributed by atoms with E-state index in [1.807, 2.05) is 0 Å². The monoisotopic (exact) mass is 1110 g/mol. The lowest BCUT2D eigenvalue weighted by atomic mass is 10.0. The minimum Gasteiger partial charge on any atom is -0.466 e. The Bertz CT molecular complexity index is 1190. The predicted molar refractivity (Wildman–Crippen MR) is 347 cm³/mol. The Morgan fingerprint density at radius 1 is 0.342 bits per heavy atom. The van der Waals surface area contributed by atoms with Gasteiger partial charge in [0, 0.05) is 12.8 Å². The van der Waals surface area contributed by atoms with Gasteiger partial charge >= 0.3 is 5.97 Å². The van der Waals surface area contributed by atoms with E-state index in [4.69, 9.17) is 4.74 Å². The van der Waals surface area contributed by atoms with Crippen LogP contribution in [-0.4, -0.2) is 47.4 Å². The van der Waals surface area contributed by atoms with E-state index in [-0.39, 0.29) is 18.5 Å². The van der Waals surface area contributed by atoms with Gasteiger partial charge in [0.15, 0.2) is 0 Å². The van der Waals surface area contributed by atoms with Gasteiger partial charge in [0.25, 0.3) is 0 Å². The molecule has 6 heteroatoms. The fourth-order valence-corrected chi connectivity index (χ4v) is 11.8. The maximum Gasteiger partial charge on any atom is 0.305 e. The van der Waals surface area contributed by atoms with Crippen molar-refractivity contribution in [3.8, 4) is 0 Å². The van der Waals surface area contributed by atoms with Gasteiger partial charge in [-0.3, -0.25) is 9.59 Å². The molecule has 3 N–H and O–H groups in total.